The molecule has 2 saturated heterocycles. The van der Waals surface area contributed by atoms with Crippen molar-refractivity contribution >= 4 is 5.97 Å². The Kier molecular flexibility index (Phi) is 3.70. The summed E-state index contributed by atoms with van der Waals surface area (Å²) in [6.07, 6.45) is 1.48. The van der Waals surface area contributed by atoms with E-state index in [4.69, 9.17) is 14.2 Å². The van der Waals surface area contributed by atoms with Crippen molar-refractivity contribution in [3.05, 3.63) is 0 Å². The molecule has 0 aliphatic carbocycles. The molecule has 98 valence electrons. The largest absolute Gasteiger partial charge is 0.462 e. The molecule has 3 atom stereocenters. The summed E-state index contributed by atoms with van der Waals surface area (Å²) in [5.74, 6) is -0.715. The van der Waals surface area contributed by atoms with Crippen molar-refractivity contribution in [2.75, 3.05) is 6.61 Å². The first-order valence-corrected chi connectivity index (χ1v) is 6.14. The molecule has 1 N–H and O–H groups in total. The smallest absolute Gasteiger partial charge is 0.306 e. The van der Waals surface area contributed by atoms with E-state index in [1.165, 1.54) is 0 Å². The third-order valence-electron chi connectivity index (χ3n) is 3.11. The Labute approximate surface area is 101 Å². The molecule has 2 heterocycles. The predicted octanol–water partition coefficient (Wildman–Crippen LogP) is 0.985. The predicted molar refractivity (Wildman–Crippen MR) is 59.3 cm³/mol. The minimum absolute atomic E-state index is 0.0721. The van der Waals surface area contributed by atoms with Gasteiger partial charge in [-0.2, -0.15) is 0 Å². The lowest BCUT2D eigenvalue weighted by molar-refractivity contribution is -0.144. The summed E-state index contributed by atoms with van der Waals surface area (Å²) >= 11 is 0. The van der Waals surface area contributed by atoms with Crippen LogP contribution in [0.3, 0.4) is 0 Å². The van der Waals surface area contributed by atoms with E-state index in [0.717, 1.165) is 0 Å². The molecule has 0 aromatic carbocycles. The van der Waals surface area contributed by atoms with Crippen molar-refractivity contribution < 1.29 is 24.1 Å². The van der Waals surface area contributed by atoms with Crippen molar-refractivity contribution in [2.45, 2.75) is 63.6 Å². The standard InChI is InChI=1S/C12H20O5/c1-12(2)15-7-10(17-12)6-8(13)5-9-3-4-11(14)16-9/h8-10,13H,3-7H2,1-2H3/t8-,9+,10+/m0/s1. The molecular formula is C12H20O5. The fourth-order valence-corrected chi connectivity index (χ4v) is 2.33. The van der Waals surface area contributed by atoms with Crippen molar-refractivity contribution in [1.82, 2.24) is 0 Å². The number of rotatable bonds is 4. The summed E-state index contributed by atoms with van der Waals surface area (Å²) in [4.78, 5) is 10.9. The van der Waals surface area contributed by atoms with Gasteiger partial charge in [-0.25, -0.2) is 0 Å². The van der Waals surface area contributed by atoms with Crippen LogP contribution in [-0.4, -0.2) is 41.8 Å². The van der Waals surface area contributed by atoms with Crippen LogP contribution in [0.25, 0.3) is 0 Å². The van der Waals surface area contributed by atoms with Gasteiger partial charge in [-0.05, 0) is 20.3 Å². The number of esters is 1. The molecule has 0 amide bonds. The number of aliphatic hydroxyl groups excluding tert-OH is 1. The van der Waals surface area contributed by atoms with Gasteiger partial charge in [0.15, 0.2) is 5.79 Å². The Bertz CT molecular complexity index is 289. The molecule has 17 heavy (non-hydrogen) atoms. The van der Waals surface area contributed by atoms with Crippen LogP contribution in [0.2, 0.25) is 0 Å². The van der Waals surface area contributed by atoms with Crippen molar-refractivity contribution in [1.29, 1.82) is 0 Å². The van der Waals surface area contributed by atoms with E-state index >= 15 is 0 Å². The Balaban J connectivity index is 1.71. The van der Waals surface area contributed by atoms with Crippen LogP contribution in [0.1, 0.15) is 39.5 Å². The average molecular weight is 244 g/mol. The monoisotopic (exact) mass is 244 g/mol. The fourth-order valence-electron chi connectivity index (χ4n) is 2.33. The van der Waals surface area contributed by atoms with Crippen LogP contribution in [0.5, 0.6) is 0 Å². The second kappa shape index (κ2) is 4.92. The highest BCUT2D eigenvalue weighted by atomic mass is 16.7. The van der Waals surface area contributed by atoms with Crippen molar-refractivity contribution in [3.63, 3.8) is 0 Å². The summed E-state index contributed by atoms with van der Waals surface area (Å²) in [6, 6.07) is 0. The highest BCUT2D eigenvalue weighted by Crippen LogP contribution is 2.26. The number of carbonyl (C=O) groups excluding carboxylic acids is 1. The molecule has 2 fully saturated rings. The van der Waals surface area contributed by atoms with Gasteiger partial charge in [0.1, 0.15) is 6.10 Å². The quantitative estimate of drug-likeness (QED) is 0.747. The molecule has 0 spiro atoms. The summed E-state index contributed by atoms with van der Waals surface area (Å²) in [6.45, 7) is 4.23. The topological polar surface area (TPSA) is 65.0 Å². The first-order chi connectivity index (χ1) is 7.94. The second-order valence-electron chi connectivity index (χ2n) is 5.23. The zero-order valence-electron chi connectivity index (χ0n) is 10.3. The van der Waals surface area contributed by atoms with E-state index in [1.807, 2.05) is 13.8 Å². The van der Waals surface area contributed by atoms with Crippen LogP contribution in [0, 0.1) is 0 Å². The van der Waals surface area contributed by atoms with Crippen LogP contribution in [0.15, 0.2) is 0 Å². The first-order valence-electron chi connectivity index (χ1n) is 6.14. The maximum Gasteiger partial charge on any atom is 0.306 e. The lowest BCUT2D eigenvalue weighted by atomic mass is 10.0. The third-order valence-corrected chi connectivity index (χ3v) is 3.11. The molecule has 5 nitrogen and oxygen atoms in total. The summed E-state index contributed by atoms with van der Waals surface area (Å²) < 4.78 is 16.1. The minimum atomic E-state index is -0.551. The molecule has 0 aromatic heterocycles. The van der Waals surface area contributed by atoms with Gasteiger partial charge in [-0.3, -0.25) is 4.79 Å². The van der Waals surface area contributed by atoms with E-state index in [0.29, 0.717) is 32.3 Å². The Hall–Kier alpha value is -0.650. The average Bonchev–Trinajstić information content (AvgIpc) is 2.73. The highest BCUT2D eigenvalue weighted by Gasteiger charge is 2.34. The Morgan fingerprint density at radius 1 is 1.41 bits per heavy atom. The summed E-state index contributed by atoms with van der Waals surface area (Å²) in [7, 11) is 0. The highest BCUT2D eigenvalue weighted by molar-refractivity contribution is 5.71. The van der Waals surface area contributed by atoms with Gasteiger partial charge >= 0.3 is 5.97 Å². The normalized spacial score (nSPS) is 33.7. The molecule has 0 unspecified atom stereocenters. The number of hydrogen-bond donors (Lipinski definition) is 1. The van der Waals surface area contributed by atoms with E-state index in [2.05, 4.69) is 0 Å². The number of carbonyl (C=O) groups is 1. The van der Waals surface area contributed by atoms with E-state index in [1.54, 1.807) is 0 Å². The molecular weight excluding hydrogens is 224 g/mol. The lowest BCUT2D eigenvalue weighted by Crippen LogP contribution is -2.26. The van der Waals surface area contributed by atoms with Crippen LogP contribution in [0.4, 0.5) is 0 Å². The van der Waals surface area contributed by atoms with Gasteiger partial charge < -0.3 is 19.3 Å². The molecule has 2 aliphatic heterocycles. The SMILES string of the molecule is CC1(C)OC[C@@H](C[C@@H](O)C[C@H]2CCC(=O)O2)O1. The van der Waals surface area contributed by atoms with E-state index in [-0.39, 0.29) is 18.2 Å². The van der Waals surface area contributed by atoms with E-state index in [9.17, 15) is 9.90 Å². The number of cyclic esters (lactones) is 1. The van der Waals surface area contributed by atoms with Gasteiger partial charge in [0.25, 0.3) is 0 Å². The van der Waals surface area contributed by atoms with Crippen molar-refractivity contribution in [2.24, 2.45) is 0 Å². The fraction of sp³-hybridized carbons (Fsp3) is 0.917. The molecule has 2 rings (SSSR count). The molecule has 0 saturated carbocycles. The molecule has 0 radical (unpaired) electrons. The number of aliphatic hydroxyl groups is 1. The van der Waals surface area contributed by atoms with Gasteiger partial charge in [0.05, 0.1) is 18.8 Å². The third kappa shape index (κ3) is 3.66. The van der Waals surface area contributed by atoms with Crippen molar-refractivity contribution in [3.8, 4) is 0 Å². The molecule has 0 aromatic rings. The van der Waals surface area contributed by atoms with Crippen LogP contribution < -0.4 is 0 Å². The van der Waals surface area contributed by atoms with Gasteiger partial charge in [-0.15, -0.1) is 0 Å². The van der Waals surface area contributed by atoms with E-state index < -0.39 is 11.9 Å². The van der Waals surface area contributed by atoms with Gasteiger partial charge in [-0.1, -0.05) is 0 Å². The zero-order valence-corrected chi connectivity index (χ0v) is 10.3. The van der Waals surface area contributed by atoms with Crippen LogP contribution in [-0.2, 0) is 19.0 Å². The summed E-state index contributed by atoms with van der Waals surface area (Å²) in [5, 5.41) is 9.90. The zero-order chi connectivity index (χ0) is 12.5. The first kappa shape index (κ1) is 12.8. The molecule has 0 bridgehead atoms. The maximum atomic E-state index is 10.9. The maximum absolute atomic E-state index is 10.9. The number of hydrogen-bond acceptors (Lipinski definition) is 5. The Morgan fingerprint density at radius 2 is 2.12 bits per heavy atom. The lowest BCUT2D eigenvalue weighted by Gasteiger charge is -2.20. The number of ether oxygens (including phenoxy) is 3. The summed E-state index contributed by atoms with van der Waals surface area (Å²) in [5.41, 5.74) is 0. The molecule has 5 heteroatoms. The second-order valence-corrected chi connectivity index (χ2v) is 5.23. The van der Waals surface area contributed by atoms with Crippen LogP contribution >= 0.6 is 0 Å². The van der Waals surface area contributed by atoms with Gasteiger partial charge in [0.2, 0.25) is 0 Å². The molecule has 2 aliphatic rings. The minimum Gasteiger partial charge on any atom is -0.462 e. The Morgan fingerprint density at radius 3 is 2.65 bits per heavy atom. The van der Waals surface area contributed by atoms with Gasteiger partial charge in [0, 0.05) is 19.3 Å².